The Kier molecular flexibility index (Phi) is 49.8. The molecule has 2 atom stereocenters. The standard InChI is InChI=1S/C55H105NO3/c1-3-5-7-9-11-13-15-17-19-21-23-25-27-28-29-30-32-34-36-38-40-42-44-46-48-50-54(58)53(52-57)56-55(59)51-49-47-45-43-41-39-37-35-33-31-26-24-22-20-18-16-14-12-10-8-6-4-2/h32,34,40,42,48,50,53-54,57-58H,3-31,33,35-39,41,43-47,49,51-52H2,1-2H3,(H,56,59)/b34-32+,42-40+,50-48+. The van der Waals surface area contributed by atoms with E-state index in [-0.39, 0.29) is 12.5 Å². The van der Waals surface area contributed by atoms with Crippen LogP contribution in [0.4, 0.5) is 0 Å². The van der Waals surface area contributed by atoms with Crippen LogP contribution < -0.4 is 5.32 Å². The summed E-state index contributed by atoms with van der Waals surface area (Å²) in [5.41, 5.74) is 0. The first kappa shape index (κ1) is 57.6. The lowest BCUT2D eigenvalue weighted by atomic mass is 10.0. The first-order valence-corrected chi connectivity index (χ1v) is 26.7. The molecular weight excluding hydrogens is 723 g/mol. The van der Waals surface area contributed by atoms with Crippen molar-refractivity contribution in [2.75, 3.05) is 6.61 Å². The minimum atomic E-state index is -0.868. The van der Waals surface area contributed by atoms with Gasteiger partial charge in [-0.15, -0.1) is 0 Å². The van der Waals surface area contributed by atoms with Crippen LogP contribution in [0.2, 0.25) is 0 Å². The quantitative estimate of drug-likeness (QED) is 0.0423. The zero-order valence-electron chi connectivity index (χ0n) is 40.0. The first-order valence-electron chi connectivity index (χ1n) is 26.7. The summed E-state index contributed by atoms with van der Waals surface area (Å²) in [6, 6.07) is -0.643. The van der Waals surface area contributed by atoms with Crippen molar-refractivity contribution in [3.8, 4) is 0 Å². The number of amides is 1. The highest BCUT2D eigenvalue weighted by atomic mass is 16.3. The Labute approximate surface area is 370 Å². The molecule has 0 rings (SSSR count). The van der Waals surface area contributed by atoms with Crippen LogP contribution in [0.25, 0.3) is 0 Å². The summed E-state index contributed by atoms with van der Waals surface area (Å²) >= 11 is 0. The number of hydrogen-bond donors (Lipinski definition) is 3. The van der Waals surface area contributed by atoms with Gasteiger partial charge >= 0.3 is 0 Å². The molecule has 0 fully saturated rings. The third kappa shape index (κ3) is 47.5. The van der Waals surface area contributed by atoms with Crippen LogP contribution >= 0.6 is 0 Å². The second-order valence-corrected chi connectivity index (χ2v) is 18.3. The van der Waals surface area contributed by atoms with Crippen molar-refractivity contribution in [2.45, 2.75) is 302 Å². The number of nitrogens with one attached hydrogen (secondary N) is 1. The number of rotatable bonds is 49. The monoisotopic (exact) mass is 828 g/mol. The van der Waals surface area contributed by atoms with E-state index in [0.717, 1.165) is 38.5 Å². The Morgan fingerprint density at radius 3 is 0.983 bits per heavy atom. The van der Waals surface area contributed by atoms with Gasteiger partial charge in [-0.3, -0.25) is 4.79 Å². The molecule has 0 spiro atoms. The van der Waals surface area contributed by atoms with Gasteiger partial charge in [-0.05, 0) is 44.9 Å². The van der Waals surface area contributed by atoms with E-state index in [1.165, 1.54) is 231 Å². The van der Waals surface area contributed by atoms with Crippen LogP contribution in [-0.4, -0.2) is 34.9 Å². The smallest absolute Gasteiger partial charge is 0.220 e. The maximum Gasteiger partial charge on any atom is 0.220 e. The van der Waals surface area contributed by atoms with E-state index in [4.69, 9.17) is 0 Å². The highest BCUT2D eigenvalue weighted by Crippen LogP contribution is 2.17. The molecule has 1 amide bonds. The lowest BCUT2D eigenvalue weighted by molar-refractivity contribution is -0.123. The van der Waals surface area contributed by atoms with E-state index in [1.807, 2.05) is 6.08 Å². The van der Waals surface area contributed by atoms with Gasteiger partial charge in [0.2, 0.25) is 5.91 Å². The Morgan fingerprint density at radius 1 is 0.390 bits per heavy atom. The van der Waals surface area contributed by atoms with E-state index in [2.05, 4.69) is 43.5 Å². The summed E-state index contributed by atoms with van der Waals surface area (Å²) in [5.74, 6) is -0.0727. The number of aliphatic hydroxyl groups is 2. The summed E-state index contributed by atoms with van der Waals surface area (Å²) in [6.07, 6.45) is 68.7. The van der Waals surface area contributed by atoms with Gasteiger partial charge in [-0.1, -0.05) is 275 Å². The van der Waals surface area contributed by atoms with Gasteiger partial charge in [0.05, 0.1) is 18.8 Å². The Hall–Kier alpha value is -1.39. The topological polar surface area (TPSA) is 69.6 Å². The molecule has 0 bridgehead atoms. The molecule has 0 aromatic carbocycles. The molecule has 0 aliphatic rings. The molecule has 0 aliphatic carbocycles. The van der Waals surface area contributed by atoms with Crippen molar-refractivity contribution in [1.29, 1.82) is 0 Å². The van der Waals surface area contributed by atoms with Crippen LogP contribution in [0, 0.1) is 0 Å². The third-order valence-electron chi connectivity index (χ3n) is 12.4. The third-order valence-corrected chi connectivity index (χ3v) is 12.4. The molecule has 0 aromatic heterocycles. The Morgan fingerprint density at radius 2 is 0.661 bits per heavy atom. The first-order chi connectivity index (χ1) is 29.2. The maximum absolute atomic E-state index is 12.4. The summed E-state index contributed by atoms with van der Waals surface area (Å²) in [7, 11) is 0. The molecule has 0 radical (unpaired) electrons. The van der Waals surface area contributed by atoms with Gasteiger partial charge in [-0.25, -0.2) is 0 Å². The molecule has 3 N–H and O–H groups in total. The number of aliphatic hydroxyl groups excluding tert-OH is 2. The molecule has 348 valence electrons. The Bertz CT molecular complexity index is 897. The average molecular weight is 828 g/mol. The average Bonchev–Trinajstić information content (AvgIpc) is 3.24. The lowest BCUT2D eigenvalue weighted by Crippen LogP contribution is -2.45. The molecule has 4 nitrogen and oxygen atoms in total. The molecule has 4 heteroatoms. The van der Waals surface area contributed by atoms with Gasteiger partial charge in [0, 0.05) is 6.42 Å². The second-order valence-electron chi connectivity index (χ2n) is 18.3. The molecule has 0 aliphatic heterocycles. The van der Waals surface area contributed by atoms with E-state index >= 15 is 0 Å². The maximum atomic E-state index is 12.4. The van der Waals surface area contributed by atoms with Gasteiger partial charge in [0.15, 0.2) is 0 Å². The lowest BCUT2D eigenvalue weighted by Gasteiger charge is -2.19. The number of hydrogen-bond acceptors (Lipinski definition) is 3. The van der Waals surface area contributed by atoms with Gasteiger partial charge in [0.1, 0.15) is 0 Å². The number of allylic oxidation sites excluding steroid dienone is 5. The largest absolute Gasteiger partial charge is 0.394 e. The molecule has 0 heterocycles. The van der Waals surface area contributed by atoms with E-state index in [0.29, 0.717) is 6.42 Å². The SMILES string of the molecule is CCCCCCCCCCCCCCCCC/C=C/CC/C=C/CC/C=C/C(O)C(CO)NC(=O)CCCCCCCCCCCCCCCCCCCCCCCC. The van der Waals surface area contributed by atoms with Crippen LogP contribution in [0.3, 0.4) is 0 Å². The predicted molar refractivity (Wildman–Crippen MR) is 262 cm³/mol. The van der Waals surface area contributed by atoms with E-state index in [9.17, 15) is 15.0 Å². The van der Waals surface area contributed by atoms with Crippen molar-refractivity contribution >= 4 is 5.91 Å². The van der Waals surface area contributed by atoms with Gasteiger partial charge in [-0.2, -0.15) is 0 Å². The summed E-state index contributed by atoms with van der Waals surface area (Å²) in [4.78, 5) is 12.4. The molecule has 59 heavy (non-hydrogen) atoms. The van der Waals surface area contributed by atoms with Crippen molar-refractivity contribution in [3.05, 3.63) is 36.5 Å². The van der Waals surface area contributed by atoms with Crippen LogP contribution in [0.1, 0.15) is 290 Å². The minimum absolute atomic E-state index is 0.0727. The number of carbonyl (C=O) groups excluding carboxylic acids is 1. The van der Waals surface area contributed by atoms with Gasteiger partial charge < -0.3 is 15.5 Å². The fraction of sp³-hybridized carbons (Fsp3) is 0.873. The van der Waals surface area contributed by atoms with Crippen LogP contribution in [0.15, 0.2) is 36.5 Å². The van der Waals surface area contributed by atoms with Crippen molar-refractivity contribution in [3.63, 3.8) is 0 Å². The van der Waals surface area contributed by atoms with Crippen LogP contribution in [-0.2, 0) is 4.79 Å². The second kappa shape index (κ2) is 51.0. The molecule has 0 aromatic rings. The molecule has 0 saturated heterocycles. The fourth-order valence-electron chi connectivity index (χ4n) is 8.27. The minimum Gasteiger partial charge on any atom is -0.394 e. The molecule has 0 saturated carbocycles. The van der Waals surface area contributed by atoms with Crippen LogP contribution in [0.5, 0.6) is 0 Å². The summed E-state index contributed by atoms with van der Waals surface area (Å²) in [5, 5.41) is 23.1. The summed E-state index contributed by atoms with van der Waals surface area (Å²) < 4.78 is 0. The van der Waals surface area contributed by atoms with Crippen molar-refractivity contribution in [2.24, 2.45) is 0 Å². The number of carbonyl (C=O) groups is 1. The zero-order valence-corrected chi connectivity index (χ0v) is 40.0. The summed E-state index contributed by atoms with van der Waals surface area (Å²) in [6.45, 7) is 4.33. The van der Waals surface area contributed by atoms with E-state index < -0.39 is 12.1 Å². The van der Waals surface area contributed by atoms with E-state index in [1.54, 1.807) is 6.08 Å². The normalized spacial score (nSPS) is 13.1. The molecule has 2 unspecified atom stereocenters. The zero-order chi connectivity index (χ0) is 42.8. The molecular formula is C55H105NO3. The van der Waals surface area contributed by atoms with Crippen molar-refractivity contribution < 1.29 is 15.0 Å². The predicted octanol–water partition coefficient (Wildman–Crippen LogP) is 17.3. The highest BCUT2D eigenvalue weighted by molar-refractivity contribution is 5.76. The highest BCUT2D eigenvalue weighted by Gasteiger charge is 2.17. The Balaban J connectivity index is 3.55. The van der Waals surface area contributed by atoms with Crippen molar-refractivity contribution in [1.82, 2.24) is 5.32 Å². The fourth-order valence-corrected chi connectivity index (χ4v) is 8.27. The van der Waals surface area contributed by atoms with Gasteiger partial charge in [0.25, 0.3) is 0 Å². The number of unbranched alkanes of at least 4 members (excludes halogenated alkanes) is 38.